The van der Waals surface area contributed by atoms with Gasteiger partial charge in [-0.05, 0) is 212 Å². The van der Waals surface area contributed by atoms with Crippen LogP contribution >= 0.6 is 0 Å². The van der Waals surface area contributed by atoms with E-state index in [1.807, 2.05) is 103 Å². The average Bonchev–Trinajstić information content (AvgIpc) is 1.19. The van der Waals surface area contributed by atoms with Gasteiger partial charge in [0.2, 0.25) is 5.79 Å². The van der Waals surface area contributed by atoms with Crippen molar-refractivity contribution in [1.82, 2.24) is 14.8 Å². The maximum atomic E-state index is 14.8. The highest BCUT2D eigenvalue weighted by molar-refractivity contribution is 7.91. The van der Waals surface area contributed by atoms with E-state index in [9.17, 15) is 57.7 Å². The van der Waals surface area contributed by atoms with Gasteiger partial charge in [0.15, 0.2) is 15.6 Å². The molecular formula is C99H149N7O26S. The van der Waals surface area contributed by atoms with Gasteiger partial charge in [-0.1, -0.05) is 82.3 Å². The summed E-state index contributed by atoms with van der Waals surface area (Å²) < 4.78 is 112. The number of Topliss-reactive ketones (excluding diaryl/α,β-unsaturated/α-hetero) is 3. The fraction of sp³-hybridized carbons (Fsp3) is 0.677. The Morgan fingerprint density at radius 2 is 1.36 bits per heavy atom. The van der Waals surface area contributed by atoms with Gasteiger partial charge in [-0.15, -0.1) is 0 Å². The van der Waals surface area contributed by atoms with Gasteiger partial charge in [-0.25, -0.2) is 18.2 Å². The highest BCUT2D eigenvalue weighted by Gasteiger charge is 2.53. The Labute approximate surface area is 786 Å². The molecule has 0 radical (unpaired) electrons. The summed E-state index contributed by atoms with van der Waals surface area (Å²) in [6.07, 6.45) is 14.1. The molecule has 4 aliphatic heterocycles. The number of ether oxygens (including phenoxy) is 15. The molecule has 1 aliphatic carbocycles. The van der Waals surface area contributed by atoms with E-state index >= 15 is 0 Å². The number of nitrogen functional groups attached to an aromatic ring is 1. The summed E-state index contributed by atoms with van der Waals surface area (Å²) >= 11 is 0. The van der Waals surface area contributed by atoms with Gasteiger partial charge in [0.05, 0.1) is 121 Å². The standard InChI is InChI=1S/C63H102N4O17.C36H47N3O9S/c1-12-78-29-30-80-33-34-81-32-31-79-28-18-22-56(68)82-52-26-24-48(38-55(52)76-10)37-44(5)54-40-50(65-66-64)43(4)36-46(7)58(70)59(77-11)57(69)45(6)35-41(2)19-14-13-15-20-42(3)53(75-9)39-49-25-23-47(8)63(74,84-49)60(71)61(72)67-27-17-16-21-51(67)62(73)83-54;1-3-44-16-17-46-20-21-47-19-18-45-14-12-31(40)5-4-22-49(42,43)32-8-9-33(27(2)23-32)36(41)39-13-15-48-34-10-6-28(24-30(34)26-39)29-7-11-35(37)38-25-29/h13-15,19-20,36,41,43-45,47-55,58-59,70,74H,12,16-18,21-35,37-40H2,1-11H3;6-11,23-25H,3-5,12-22,26H2,1-2H3,(H2,37,38)/b15-13+,19-14+,42-20+,46-36+;/t41-,43-,44-,45-,47-,48+,49+,50+,51+,52-,53+,54+,55-,58-,59+,63-;/m1./s1. The number of amides is 2. The molecule has 133 heavy (non-hydrogen) atoms. The summed E-state index contributed by atoms with van der Waals surface area (Å²) in [5.74, 6) is -7.40. The second kappa shape index (κ2) is 59.7. The molecule has 1 aromatic heterocycles. The van der Waals surface area contributed by atoms with Crippen LogP contribution in [0.25, 0.3) is 21.6 Å². The minimum Gasteiger partial charge on any atom is -0.491 e. The first-order valence-electron chi connectivity index (χ1n) is 47.3. The molecule has 2 saturated heterocycles. The SMILES string of the molecule is CCOCCOCCOCCOCCC(=O)CCCS(=O)(=O)c1ccc(C(=O)N2CCOc3ccc(-c4ccc(N)nc4)cc3C2)c(C)c1.CCOCCOCCOCCOCCCC(=O)O[C@@H]1CC[C@@H](C[C@@H](C)[C@@H]2C[C@H](N=[N+]=[N-])[C@H](C)/C=C(\C)[C@@H](O)[C@@H](OC)C(=O)[C@H](C)C[C@H](C)/C=C/C=C/C=C(\C)[C@@H](OC)C[C@@H]3CC[C@@H](C)[C@@](O)(O3)C(=O)C(=O)N3CCCC[C@H]3C(=O)O2)C[C@H]1OC. The number of anilines is 1. The first-order valence-corrected chi connectivity index (χ1v) is 49.0. The monoisotopic (exact) mass is 1880 g/mol. The number of cyclic esters (lactones) is 1. The third kappa shape index (κ3) is 37.0. The summed E-state index contributed by atoms with van der Waals surface area (Å²) in [4.78, 5) is 107. The van der Waals surface area contributed by atoms with E-state index in [0.29, 0.717) is 218 Å². The van der Waals surface area contributed by atoms with Crippen LogP contribution in [0.4, 0.5) is 5.82 Å². The van der Waals surface area contributed by atoms with Crippen molar-refractivity contribution in [2.24, 2.45) is 40.6 Å². The largest absolute Gasteiger partial charge is 0.491 e. The number of aliphatic hydroxyl groups is 2. The molecule has 0 spiro atoms. The zero-order chi connectivity index (χ0) is 96.8. The zero-order valence-corrected chi connectivity index (χ0v) is 81.4. The predicted octanol–water partition coefficient (Wildman–Crippen LogP) is 13.0. The maximum absolute atomic E-state index is 14.8. The van der Waals surface area contributed by atoms with Gasteiger partial charge in [-0.2, -0.15) is 0 Å². The van der Waals surface area contributed by atoms with Gasteiger partial charge in [0.25, 0.3) is 17.6 Å². The normalized spacial score (nSPS) is 26.7. The lowest BCUT2D eigenvalue weighted by molar-refractivity contribution is -0.265. The molecule has 0 unspecified atom stereocenters. The number of ketones is 3. The third-order valence-corrected chi connectivity index (χ3v) is 26.9. The van der Waals surface area contributed by atoms with Crippen LogP contribution in [0.5, 0.6) is 5.75 Å². The van der Waals surface area contributed by atoms with Gasteiger partial charge in [0.1, 0.15) is 54.4 Å². The maximum Gasteiger partial charge on any atom is 0.329 e. The van der Waals surface area contributed by atoms with Crippen molar-refractivity contribution in [3.63, 3.8) is 0 Å². The van der Waals surface area contributed by atoms with Crippen molar-refractivity contribution in [2.75, 3.05) is 158 Å². The van der Waals surface area contributed by atoms with Gasteiger partial charge in [0, 0.05) is 126 Å². The number of carbonyl (C=O) groups is 7. The third-order valence-electron chi connectivity index (χ3n) is 25.1. The zero-order valence-electron chi connectivity index (χ0n) is 80.6. The molecule has 33 nitrogen and oxygen atoms in total. The first-order chi connectivity index (χ1) is 63.9. The van der Waals surface area contributed by atoms with E-state index in [1.165, 1.54) is 24.1 Å². The van der Waals surface area contributed by atoms with Crippen LogP contribution in [-0.4, -0.2) is 288 Å². The van der Waals surface area contributed by atoms with E-state index in [4.69, 9.17) is 76.8 Å². The molecule has 5 aliphatic rings. The summed E-state index contributed by atoms with van der Waals surface area (Å²) in [6, 6.07) is 12.0. The molecular weight excluding hydrogens is 1740 g/mol. The topological polar surface area (TPSA) is 427 Å². The van der Waals surface area contributed by atoms with Crippen LogP contribution in [-0.2, 0) is 111 Å². The van der Waals surface area contributed by atoms with E-state index in [0.717, 1.165) is 22.3 Å². The number of aliphatic hydroxyl groups excluding tert-OH is 1. The molecule has 2 amide bonds. The Morgan fingerprint density at radius 3 is 1.99 bits per heavy atom. The number of allylic oxidation sites excluding steroid dienone is 5. The number of carbonyl (C=O) groups excluding carboxylic acids is 7. The number of sulfone groups is 1. The molecule has 16 atom stereocenters. The van der Waals surface area contributed by atoms with Crippen LogP contribution in [0.2, 0.25) is 0 Å². The molecule has 742 valence electrons. The van der Waals surface area contributed by atoms with Gasteiger partial charge >= 0.3 is 11.9 Å². The molecule has 34 heteroatoms. The summed E-state index contributed by atoms with van der Waals surface area (Å²) in [6.45, 7) is 27.1. The minimum absolute atomic E-state index is 0.00436. The van der Waals surface area contributed by atoms with Crippen molar-refractivity contribution < 1.29 is 123 Å². The number of benzene rings is 2. The lowest BCUT2D eigenvalue weighted by Gasteiger charge is -2.43. The fourth-order valence-electron chi connectivity index (χ4n) is 17.2. The van der Waals surface area contributed by atoms with Crippen LogP contribution in [0.15, 0.2) is 112 Å². The van der Waals surface area contributed by atoms with Crippen LogP contribution in [0, 0.1) is 42.4 Å². The van der Waals surface area contributed by atoms with Gasteiger partial charge in [-0.3, -0.25) is 28.8 Å². The Balaban J connectivity index is 0.000000416. The van der Waals surface area contributed by atoms with E-state index in [1.54, 1.807) is 64.3 Å². The van der Waals surface area contributed by atoms with E-state index in [2.05, 4.69) is 15.0 Å². The van der Waals surface area contributed by atoms with E-state index < -0.39 is 106 Å². The number of rotatable bonds is 42. The summed E-state index contributed by atoms with van der Waals surface area (Å²) in [5.41, 5.74) is 20.7. The van der Waals surface area contributed by atoms with Crippen LogP contribution < -0.4 is 10.5 Å². The first kappa shape index (κ1) is 112. The molecule has 3 fully saturated rings. The molecule has 3 aromatic rings. The highest BCUT2D eigenvalue weighted by Crippen LogP contribution is 2.40. The number of pyridine rings is 1. The predicted molar refractivity (Wildman–Crippen MR) is 500 cm³/mol. The number of esters is 2. The fourth-order valence-corrected chi connectivity index (χ4v) is 18.6. The number of nitrogens with zero attached hydrogens (tertiary/aromatic N) is 6. The molecule has 2 bridgehead atoms. The average molecular weight is 1890 g/mol. The summed E-state index contributed by atoms with van der Waals surface area (Å²) in [5, 5.41) is 28.0. The lowest BCUT2D eigenvalue weighted by Crippen LogP contribution is -2.61. The number of nitrogens with two attached hydrogens (primary N) is 1. The number of fused-ring (bicyclic) bond motifs is 4. The molecule has 1 saturated carbocycles. The Hall–Kier alpha value is -8.26. The number of aryl methyl sites for hydroxylation is 1. The van der Waals surface area contributed by atoms with Gasteiger partial charge < -0.3 is 96.8 Å². The quantitative estimate of drug-likeness (QED) is 0.00902. The van der Waals surface area contributed by atoms with Crippen molar-refractivity contribution in [3.8, 4) is 16.9 Å². The second-order valence-corrected chi connectivity index (χ2v) is 37.3. The highest BCUT2D eigenvalue weighted by atomic mass is 32.2. The molecule has 2 aromatic carbocycles. The van der Waals surface area contributed by atoms with Crippen molar-refractivity contribution in [3.05, 3.63) is 129 Å². The van der Waals surface area contributed by atoms with Crippen molar-refractivity contribution in [1.29, 1.82) is 0 Å². The number of methoxy groups -OCH3 is 3. The Morgan fingerprint density at radius 1 is 0.699 bits per heavy atom. The number of hydrogen-bond acceptors (Lipinski definition) is 29. The van der Waals surface area contributed by atoms with Crippen LogP contribution in [0.1, 0.15) is 193 Å². The van der Waals surface area contributed by atoms with Crippen molar-refractivity contribution in [2.45, 2.75) is 250 Å². The molecule has 5 heterocycles. The number of piperidine rings is 1. The second-order valence-electron chi connectivity index (χ2n) is 35.2. The summed E-state index contributed by atoms with van der Waals surface area (Å²) in [7, 11) is 0.897. The number of hydrogen-bond donors (Lipinski definition) is 3. The van der Waals surface area contributed by atoms with Crippen molar-refractivity contribution >= 4 is 56.8 Å². The molecule has 8 rings (SSSR count). The number of aromatic nitrogens is 1. The Bertz CT molecular complexity index is 4390. The minimum atomic E-state index is -3.65. The van der Waals surface area contributed by atoms with Crippen LogP contribution in [0.3, 0.4) is 0 Å². The van der Waals surface area contributed by atoms with E-state index in [-0.39, 0.29) is 104 Å². The smallest absolute Gasteiger partial charge is 0.329 e. The Kier molecular flexibility index (Phi) is 50.1. The molecule has 4 N–H and O–H groups in total. The number of azide groups is 1. The lowest BCUT2D eigenvalue weighted by atomic mass is 9.78.